The zero-order valence-electron chi connectivity index (χ0n) is 17.8. The number of benzene rings is 1. The number of alkyl halides is 3. The lowest BCUT2D eigenvalue weighted by Crippen LogP contribution is -2.48. The number of nitrogens with zero attached hydrogens (tertiary/aromatic N) is 2. The number of aliphatic imine (C=N–C) groups is 1. The third-order valence-corrected chi connectivity index (χ3v) is 6.04. The molecule has 0 amide bonds. The topological polar surface area (TPSA) is 46.1 Å². The van der Waals surface area contributed by atoms with E-state index < -0.39 is 11.7 Å². The lowest BCUT2D eigenvalue weighted by Gasteiger charge is -2.34. The molecule has 1 aliphatic heterocycles. The van der Waals surface area contributed by atoms with Crippen LogP contribution in [0, 0.1) is 0 Å². The number of hydrogen-bond donors (Lipinski definition) is 1. The van der Waals surface area contributed by atoms with Gasteiger partial charge in [0.05, 0.1) is 11.7 Å². The average Bonchev–Trinajstić information content (AvgIpc) is 3.53. The first-order valence-corrected chi connectivity index (χ1v) is 10.6. The second-order valence-corrected chi connectivity index (χ2v) is 8.16. The van der Waals surface area contributed by atoms with E-state index in [1.165, 1.54) is 12.1 Å². The smallest absolute Gasteiger partial charge is 0.385 e. The Morgan fingerprint density at radius 1 is 1.23 bits per heavy atom. The molecule has 1 N–H and O–H groups in total. The molecule has 1 aromatic rings. The molecule has 30 heavy (non-hydrogen) atoms. The molecule has 8 heteroatoms. The highest BCUT2D eigenvalue weighted by Crippen LogP contribution is 2.48. The Balaban J connectivity index is 1.50. The lowest BCUT2D eigenvalue weighted by molar-refractivity contribution is -0.137. The molecular formula is C22H32F3N3O2. The maximum absolute atomic E-state index is 13.1. The number of piperidine rings is 1. The van der Waals surface area contributed by atoms with Crippen molar-refractivity contribution in [2.45, 2.75) is 49.8 Å². The predicted molar refractivity (Wildman–Crippen MR) is 111 cm³/mol. The SMILES string of the molecule is CN=C(NCC1(c2cccc(C(F)(F)F)c2)CC1)N1CCC(OCCCOC)CC1. The van der Waals surface area contributed by atoms with Gasteiger partial charge in [-0.3, -0.25) is 4.99 Å². The van der Waals surface area contributed by atoms with Crippen LogP contribution in [0.3, 0.4) is 0 Å². The highest BCUT2D eigenvalue weighted by Gasteiger charge is 2.45. The van der Waals surface area contributed by atoms with Gasteiger partial charge in [-0.05, 0) is 43.7 Å². The van der Waals surface area contributed by atoms with Crippen LogP contribution in [-0.4, -0.2) is 64.0 Å². The van der Waals surface area contributed by atoms with Gasteiger partial charge in [0.1, 0.15) is 0 Å². The molecule has 5 nitrogen and oxygen atoms in total. The maximum Gasteiger partial charge on any atom is 0.416 e. The molecule has 0 atom stereocenters. The first kappa shape index (κ1) is 22.9. The van der Waals surface area contributed by atoms with Crippen molar-refractivity contribution in [1.82, 2.24) is 10.2 Å². The van der Waals surface area contributed by atoms with E-state index in [1.54, 1.807) is 20.2 Å². The van der Waals surface area contributed by atoms with Crippen LogP contribution >= 0.6 is 0 Å². The molecule has 0 unspecified atom stereocenters. The molecule has 1 saturated heterocycles. The third kappa shape index (κ3) is 5.88. The van der Waals surface area contributed by atoms with Crippen LogP contribution in [-0.2, 0) is 21.1 Å². The number of rotatable bonds is 8. The minimum atomic E-state index is -4.31. The molecule has 0 aromatic heterocycles. The number of hydrogen-bond acceptors (Lipinski definition) is 3. The van der Waals surface area contributed by atoms with E-state index >= 15 is 0 Å². The summed E-state index contributed by atoms with van der Waals surface area (Å²) in [5, 5.41) is 3.41. The van der Waals surface area contributed by atoms with Crippen LogP contribution < -0.4 is 5.32 Å². The van der Waals surface area contributed by atoms with Crippen molar-refractivity contribution in [3.05, 3.63) is 35.4 Å². The van der Waals surface area contributed by atoms with Crippen molar-refractivity contribution < 1.29 is 22.6 Å². The van der Waals surface area contributed by atoms with Gasteiger partial charge in [0.2, 0.25) is 0 Å². The van der Waals surface area contributed by atoms with Crippen molar-refractivity contribution in [3.63, 3.8) is 0 Å². The molecule has 1 aliphatic carbocycles. The molecule has 0 spiro atoms. The van der Waals surface area contributed by atoms with Crippen LogP contribution in [0.5, 0.6) is 0 Å². The fourth-order valence-corrected chi connectivity index (χ4v) is 4.01. The molecule has 2 aliphatic rings. The number of halogens is 3. The zero-order chi connectivity index (χ0) is 21.6. The molecule has 2 fully saturated rings. The minimum Gasteiger partial charge on any atom is -0.385 e. The van der Waals surface area contributed by atoms with E-state index in [9.17, 15) is 13.2 Å². The average molecular weight is 428 g/mol. The van der Waals surface area contributed by atoms with E-state index in [0.29, 0.717) is 19.8 Å². The van der Waals surface area contributed by atoms with Gasteiger partial charge in [-0.2, -0.15) is 13.2 Å². The molecule has 0 radical (unpaired) electrons. The van der Waals surface area contributed by atoms with Gasteiger partial charge in [0, 0.05) is 52.4 Å². The molecule has 0 bridgehead atoms. The summed E-state index contributed by atoms with van der Waals surface area (Å²) in [5.74, 6) is 0.811. The number of nitrogens with one attached hydrogen (secondary N) is 1. The van der Waals surface area contributed by atoms with Gasteiger partial charge < -0.3 is 19.7 Å². The fraction of sp³-hybridized carbons (Fsp3) is 0.682. The second kappa shape index (κ2) is 10.0. The summed E-state index contributed by atoms with van der Waals surface area (Å²) in [6.45, 7) is 3.72. The van der Waals surface area contributed by atoms with Crippen LogP contribution in [0.2, 0.25) is 0 Å². The van der Waals surface area contributed by atoms with Crippen molar-refractivity contribution in [3.8, 4) is 0 Å². The molecule has 1 saturated carbocycles. The van der Waals surface area contributed by atoms with E-state index in [4.69, 9.17) is 9.47 Å². The molecular weight excluding hydrogens is 395 g/mol. The number of methoxy groups -OCH3 is 1. The van der Waals surface area contributed by atoms with Gasteiger partial charge in [0.15, 0.2) is 5.96 Å². The monoisotopic (exact) mass is 427 g/mol. The Morgan fingerprint density at radius 3 is 2.57 bits per heavy atom. The van der Waals surface area contributed by atoms with Crippen molar-refractivity contribution in [2.75, 3.05) is 47.0 Å². The Bertz CT molecular complexity index is 712. The Labute approximate surface area is 176 Å². The van der Waals surface area contributed by atoms with Gasteiger partial charge >= 0.3 is 6.18 Å². The molecule has 1 aromatic carbocycles. The van der Waals surface area contributed by atoms with E-state index in [2.05, 4.69) is 15.2 Å². The van der Waals surface area contributed by atoms with Gasteiger partial charge in [0.25, 0.3) is 0 Å². The molecule has 168 valence electrons. The van der Waals surface area contributed by atoms with Crippen molar-refractivity contribution >= 4 is 5.96 Å². The predicted octanol–water partition coefficient (Wildman–Crippen LogP) is 3.83. The number of ether oxygens (including phenoxy) is 2. The van der Waals surface area contributed by atoms with Crippen LogP contribution in [0.1, 0.15) is 43.2 Å². The van der Waals surface area contributed by atoms with Crippen LogP contribution in [0.15, 0.2) is 29.3 Å². The summed E-state index contributed by atoms with van der Waals surface area (Å²) < 4.78 is 50.2. The van der Waals surface area contributed by atoms with E-state index in [0.717, 1.165) is 62.8 Å². The largest absolute Gasteiger partial charge is 0.416 e. The Morgan fingerprint density at radius 2 is 1.97 bits per heavy atom. The molecule has 3 rings (SSSR count). The summed E-state index contributed by atoms with van der Waals surface area (Å²) in [4.78, 5) is 6.60. The minimum absolute atomic E-state index is 0.236. The second-order valence-electron chi connectivity index (χ2n) is 8.16. The normalized spacial score (nSPS) is 19.8. The van der Waals surface area contributed by atoms with Gasteiger partial charge in [-0.15, -0.1) is 0 Å². The lowest BCUT2D eigenvalue weighted by atomic mass is 9.94. The Kier molecular flexibility index (Phi) is 7.63. The van der Waals surface area contributed by atoms with E-state index in [-0.39, 0.29) is 11.5 Å². The van der Waals surface area contributed by atoms with Crippen molar-refractivity contribution in [2.24, 2.45) is 4.99 Å². The van der Waals surface area contributed by atoms with Gasteiger partial charge in [-0.25, -0.2) is 0 Å². The Hall–Kier alpha value is -1.80. The van der Waals surface area contributed by atoms with E-state index in [1.807, 2.05) is 0 Å². The summed E-state index contributed by atoms with van der Waals surface area (Å²) >= 11 is 0. The summed E-state index contributed by atoms with van der Waals surface area (Å²) in [6, 6.07) is 5.74. The number of guanidine groups is 1. The highest BCUT2D eigenvalue weighted by atomic mass is 19.4. The zero-order valence-corrected chi connectivity index (χ0v) is 17.8. The highest BCUT2D eigenvalue weighted by molar-refractivity contribution is 5.80. The van der Waals surface area contributed by atoms with Crippen LogP contribution in [0.25, 0.3) is 0 Å². The standard InChI is InChI=1S/C22H32F3N3O2/c1-26-20(28-11-7-19(8-12-28)30-14-4-13-29-2)27-16-21(9-10-21)17-5-3-6-18(15-17)22(23,24)25/h3,5-6,15,19H,4,7-14,16H2,1-2H3,(H,26,27). The van der Waals surface area contributed by atoms with Crippen LogP contribution in [0.4, 0.5) is 13.2 Å². The first-order chi connectivity index (χ1) is 14.4. The molecule has 1 heterocycles. The summed E-state index contributed by atoms with van der Waals surface area (Å²) in [6.07, 6.45) is 0.490. The maximum atomic E-state index is 13.1. The first-order valence-electron chi connectivity index (χ1n) is 10.6. The third-order valence-electron chi connectivity index (χ3n) is 6.04. The summed E-state index contributed by atoms with van der Waals surface area (Å²) in [7, 11) is 3.44. The number of likely N-dealkylation sites (tertiary alicyclic amines) is 1. The van der Waals surface area contributed by atoms with Crippen molar-refractivity contribution in [1.29, 1.82) is 0 Å². The fourth-order valence-electron chi connectivity index (χ4n) is 4.01. The summed E-state index contributed by atoms with van der Waals surface area (Å²) in [5.41, 5.74) is -0.0633. The van der Waals surface area contributed by atoms with Gasteiger partial charge in [-0.1, -0.05) is 18.2 Å². The quantitative estimate of drug-likeness (QED) is 0.389.